The van der Waals surface area contributed by atoms with Gasteiger partial charge in [0.2, 0.25) is 0 Å². The molecule has 1 aliphatic carbocycles. The summed E-state index contributed by atoms with van der Waals surface area (Å²) in [5.41, 5.74) is 2.92. The number of fused-ring (bicyclic) bond motifs is 1. The van der Waals surface area contributed by atoms with Gasteiger partial charge in [0.1, 0.15) is 0 Å². The second-order valence-electron chi connectivity index (χ2n) is 5.08. The Morgan fingerprint density at radius 3 is 2.62 bits per heavy atom. The summed E-state index contributed by atoms with van der Waals surface area (Å²) in [6, 6.07) is 9.58. The minimum Gasteiger partial charge on any atom is -0.302 e. The van der Waals surface area contributed by atoms with Crippen LogP contribution >= 0.6 is 0 Å². The first-order valence-corrected chi connectivity index (χ1v) is 6.44. The van der Waals surface area contributed by atoms with Crippen molar-refractivity contribution in [2.45, 2.75) is 44.7 Å². The summed E-state index contributed by atoms with van der Waals surface area (Å²) in [7, 11) is 2.22. The zero-order valence-electron chi connectivity index (χ0n) is 10.0. The van der Waals surface area contributed by atoms with Crippen molar-refractivity contribution in [1.29, 1.82) is 0 Å². The van der Waals surface area contributed by atoms with Gasteiger partial charge < -0.3 is 5.01 Å². The van der Waals surface area contributed by atoms with E-state index in [0.717, 1.165) is 12.6 Å². The Balaban J connectivity index is 1.89. The topological polar surface area (TPSA) is 6.48 Å². The van der Waals surface area contributed by atoms with Gasteiger partial charge in [-0.2, -0.15) is 0 Å². The number of benzene rings is 1. The fraction of sp³-hybridized carbons (Fsp3) is 0.571. The van der Waals surface area contributed by atoms with E-state index in [1.807, 2.05) is 0 Å². The largest absolute Gasteiger partial charge is 0.302 e. The third kappa shape index (κ3) is 1.61. The van der Waals surface area contributed by atoms with Crippen LogP contribution in [0.3, 0.4) is 0 Å². The van der Waals surface area contributed by atoms with Crippen molar-refractivity contribution in [2.75, 3.05) is 12.1 Å². The van der Waals surface area contributed by atoms with Gasteiger partial charge in [-0.05, 0) is 24.5 Å². The van der Waals surface area contributed by atoms with Crippen LogP contribution in [-0.2, 0) is 6.54 Å². The molecule has 0 radical (unpaired) electrons. The van der Waals surface area contributed by atoms with Crippen molar-refractivity contribution < 1.29 is 0 Å². The normalized spacial score (nSPS) is 22.4. The fourth-order valence-electron chi connectivity index (χ4n) is 3.18. The lowest BCUT2D eigenvalue weighted by atomic mass is 9.95. The zero-order chi connectivity index (χ0) is 11.0. The molecule has 1 fully saturated rings. The van der Waals surface area contributed by atoms with Crippen molar-refractivity contribution in [3.63, 3.8) is 0 Å². The summed E-state index contributed by atoms with van der Waals surface area (Å²) in [5.74, 6) is 0. The average Bonchev–Trinajstić information content (AvgIpc) is 2.66. The first-order valence-electron chi connectivity index (χ1n) is 6.44. The second-order valence-corrected chi connectivity index (χ2v) is 5.08. The third-order valence-corrected chi connectivity index (χ3v) is 3.93. The van der Waals surface area contributed by atoms with Crippen molar-refractivity contribution in [1.82, 2.24) is 5.01 Å². The molecule has 1 aromatic carbocycles. The maximum absolute atomic E-state index is 2.54. The molecule has 1 aromatic rings. The molecule has 0 bridgehead atoms. The molecule has 1 heterocycles. The van der Waals surface area contributed by atoms with Crippen LogP contribution in [0.5, 0.6) is 0 Å². The van der Waals surface area contributed by atoms with Gasteiger partial charge in [0.05, 0.1) is 5.69 Å². The predicted octanol–water partition coefficient (Wildman–Crippen LogP) is 3.19. The quantitative estimate of drug-likeness (QED) is 0.711. The molecule has 0 aromatic heterocycles. The van der Waals surface area contributed by atoms with Gasteiger partial charge in [0.25, 0.3) is 0 Å². The maximum Gasteiger partial charge on any atom is 0.0571 e. The van der Waals surface area contributed by atoms with E-state index in [0.29, 0.717) is 0 Å². The van der Waals surface area contributed by atoms with Gasteiger partial charge in [0, 0.05) is 19.6 Å². The van der Waals surface area contributed by atoms with E-state index in [4.69, 9.17) is 0 Å². The van der Waals surface area contributed by atoms with Crippen molar-refractivity contribution in [2.24, 2.45) is 0 Å². The average molecular weight is 216 g/mol. The van der Waals surface area contributed by atoms with Gasteiger partial charge in [0.15, 0.2) is 0 Å². The molecule has 0 N–H and O–H groups in total. The number of hydrazine groups is 1. The molecule has 1 aliphatic heterocycles. The standard InChI is InChI=1S/C14H20N2/c1-15-11-12-7-5-6-10-14(12)16(15)13-8-3-2-4-9-13/h5-7,10,13H,2-4,8-9,11H2,1H3. The molecular formula is C14H20N2. The summed E-state index contributed by atoms with van der Waals surface area (Å²) in [6.07, 6.45) is 6.95. The summed E-state index contributed by atoms with van der Waals surface area (Å²) in [4.78, 5) is 0. The number of rotatable bonds is 1. The van der Waals surface area contributed by atoms with E-state index in [2.05, 4.69) is 41.3 Å². The highest BCUT2D eigenvalue weighted by molar-refractivity contribution is 5.56. The molecule has 86 valence electrons. The first kappa shape index (κ1) is 10.2. The summed E-state index contributed by atoms with van der Waals surface area (Å²) >= 11 is 0. The Labute approximate surface area is 97.8 Å². The van der Waals surface area contributed by atoms with E-state index < -0.39 is 0 Å². The van der Waals surface area contributed by atoms with E-state index in [9.17, 15) is 0 Å². The van der Waals surface area contributed by atoms with Crippen LogP contribution in [0.2, 0.25) is 0 Å². The van der Waals surface area contributed by atoms with Crippen LogP contribution in [0.15, 0.2) is 24.3 Å². The monoisotopic (exact) mass is 216 g/mol. The van der Waals surface area contributed by atoms with Crippen molar-refractivity contribution in [3.05, 3.63) is 29.8 Å². The van der Waals surface area contributed by atoms with Gasteiger partial charge in [-0.25, -0.2) is 5.01 Å². The summed E-state index contributed by atoms with van der Waals surface area (Å²) < 4.78 is 0. The molecule has 2 aliphatic rings. The highest BCUT2D eigenvalue weighted by atomic mass is 15.6. The summed E-state index contributed by atoms with van der Waals surface area (Å²) in [6.45, 7) is 1.08. The SMILES string of the molecule is CN1Cc2ccccc2N1C1CCCCC1. The van der Waals surface area contributed by atoms with Gasteiger partial charge >= 0.3 is 0 Å². The predicted molar refractivity (Wildman–Crippen MR) is 67.3 cm³/mol. The van der Waals surface area contributed by atoms with Crippen LogP contribution < -0.4 is 5.01 Å². The van der Waals surface area contributed by atoms with Crippen molar-refractivity contribution in [3.8, 4) is 0 Å². The molecule has 0 atom stereocenters. The Bertz CT molecular complexity index is 369. The minimum absolute atomic E-state index is 0.738. The molecule has 3 rings (SSSR count). The number of hydrogen-bond acceptors (Lipinski definition) is 2. The van der Waals surface area contributed by atoms with Crippen molar-refractivity contribution >= 4 is 5.69 Å². The molecule has 16 heavy (non-hydrogen) atoms. The number of anilines is 1. The first-order chi connectivity index (χ1) is 7.86. The molecule has 0 saturated heterocycles. The highest BCUT2D eigenvalue weighted by Gasteiger charge is 2.30. The number of hydrogen-bond donors (Lipinski definition) is 0. The van der Waals surface area contributed by atoms with E-state index in [1.54, 1.807) is 0 Å². The van der Waals surface area contributed by atoms with Gasteiger partial charge in [-0.15, -0.1) is 0 Å². The van der Waals surface area contributed by atoms with E-state index in [-0.39, 0.29) is 0 Å². The Kier molecular flexibility index (Phi) is 2.60. The molecular weight excluding hydrogens is 196 g/mol. The minimum atomic E-state index is 0.738. The number of nitrogens with zero attached hydrogens (tertiary/aromatic N) is 2. The smallest absolute Gasteiger partial charge is 0.0571 e. The molecule has 0 amide bonds. The molecule has 2 heteroatoms. The maximum atomic E-state index is 2.54. The van der Waals surface area contributed by atoms with Crippen LogP contribution in [-0.4, -0.2) is 18.1 Å². The molecule has 0 spiro atoms. The van der Waals surface area contributed by atoms with E-state index in [1.165, 1.54) is 43.4 Å². The molecule has 1 saturated carbocycles. The van der Waals surface area contributed by atoms with Gasteiger partial charge in [-0.3, -0.25) is 0 Å². The Morgan fingerprint density at radius 1 is 1.06 bits per heavy atom. The Morgan fingerprint density at radius 2 is 1.81 bits per heavy atom. The second kappa shape index (κ2) is 4.10. The Hall–Kier alpha value is -1.02. The van der Waals surface area contributed by atoms with E-state index >= 15 is 0 Å². The van der Waals surface area contributed by atoms with Crippen LogP contribution in [0.25, 0.3) is 0 Å². The lowest BCUT2D eigenvalue weighted by molar-refractivity contribution is 0.255. The summed E-state index contributed by atoms with van der Waals surface area (Å²) in [5, 5.41) is 4.93. The fourth-order valence-corrected chi connectivity index (χ4v) is 3.18. The lowest BCUT2D eigenvalue weighted by Crippen LogP contribution is -2.43. The highest BCUT2D eigenvalue weighted by Crippen LogP contribution is 2.35. The van der Waals surface area contributed by atoms with Crippen LogP contribution in [0, 0.1) is 0 Å². The van der Waals surface area contributed by atoms with Crippen LogP contribution in [0.4, 0.5) is 5.69 Å². The molecule has 0 unspecified atom stereocenters. The number of para-hydroxylation sites is 1. The van der Waals surface area contributed by atoms with Gasteiger partial charge in [-0.1, -0.05) is 37.5 Å². The zero-order valence-corrected chi connectivity index (χ0v) is 10.0. The van der Waals surface area contributed by atoms with Crippen LogP contribution in [0.1, 0.15) is 37.7 Å². The lowest BCUT2D eigenvalue weighted by Gasteiger charge is -2.37. The molecule has 2 nitrogen and oxygen atoms in total. The third-order valence-electron chi connectivity index (χ3n) is 3.93.